The van der Waals surface area contributed by atoms with Crippen molar-refractivity contribution in [2.75, 3.05) is 25.1 Å². The van der Waals surface area contributed by atoms with Gasteiger partial charge in [-0.25, -0.2) is 4.79 Å². The number of imide groups is 1. The van der Waals surface area contributed by atoms with Gasteiger partial charge in [0.2, 0.25) is 11.9 Å². The molecule has 1 unspecified atom stereocenters. The van der Waals surface area contributed by atoms with Crippen LogP contribution >= 0.6 is 11.8 Å². The van der Waals surface area contributed by atoms with Gasteiger partial charge in [0.15, 0.2) is 5.16 Å². The molecule has 10 heteroatoms. The second-order valence-electron chi connectivity index (χ2n) is 8.79. The van der Waals surface area contributed by atoms with E-state index in [9.17, 15) is 9.59 Å². The van der Waals surface area contributed by atoms with Crippen LogP contribution in [-0.4, -0.2) is 57.7 Å². The minimum atomic E-state index is -0.562. The molecular weight excluding hydrogens is 428 g/mol. The molecule has 2 N–H and O–H groups in total. The molecule has 1 atom stereocenters. The van der Waals surface area contributed by atoms with Crippen LogP contribution in [0.3, 0.4) is 0 Å². The normalized spacial score (nSPS) is 15.2. The predicted molar refractivity (Wildman–Crippen MR) is 126 cm³/mol. The van der Waals surface area contributed by atoms with Crippen molar-refractivity contribution in [2.45, 2.75) is 62.9 Å². The minimum absolute atomic E-state index is 0.397. The lowest BCUT2D eigenvalue weighted by atomic mass is 10.1. The minimum Gasteiger partial charge on any atom is -0.495 e. The second-order valence-corrected chi connectivity index (χ2v) is 10.1. The van der Waals surface area contributed by atoms with Crippen molar-refractivity contribution < 1.29 is 14.3 Å². The zero-order valence-corrected chi connectivity index (χ0v) is 20.2. The molecular formula is C22H32N6O3S. The summed E-state index contributed by atoms with van der Waals surface area (Å²) in [6, 6.07) is 7.15. The van der Waals surface area contributed by atoms with Crippen LogP contribution in [0.25, 0.3) is 5.69 Å². The molecule has 9 nitrogen and oxygen atoms in total. The van der Waals surface area contributed by atoms with Crippen LogP contribution in [0.1, 0.15) is 47.0 Å². The number of nitrogens with one attached hydrogen (secondary N) is 2. The molecule has 1 aromatic carbocycles. The van der Waals surface area contributed by atoms with Crippen molar-refractivity contribution in [1.29, 1.82) is 0 Å². The van der Waals surface area contributed by atoms with Crippen LogP contribution in [-0.2, 0) is 4.79 Å². The van der Waals surface area contributed by atoms with Gasteiger partial charge in [-0.3, -0.25) is 14.7 Å². The topological polar surface area (TPSA) is 101 Å². The van der Waals surface area contributed by atoms with E-state index in [-0.39, 0.29) is 0 Å². The number of piperidine rings is 1. The van der Waals surface area contributed by atoms with Gasteiger partial charge in [-0.05, 0) is 59.1 Å². The number of anilines is 1. The molecule has 0 radical (unpaired) electrons. The third-order valence-corrected chi connectivity index (χ3v) is 6.00. The van der Waals surface area contributed by atoms with Gasteiger partial charge in [0.1, 0.15) is 5.75 Å². The molecule has 3 amide bonds. The van der Waals surface area contributed by atoms with Gasteiger partial charge >= 0.3 is 6.03 Å². The van der Waals surface area contributed by atoms with Crippen LogP contribution in [0.5, 0.6) is 5.75 Å². The summed E-state index contributed by atoms with van der Waals surface area (Å²) in [6.45, 7) is 9.11. The fraction of sp³-hybridized carbons (Fsp3) is 0.545. The van der Waals surface area contributed by atoms with Crippen molar-refractivity contribution in [2.24, 2.45) is 0 Å². The van der Waals surface area contributed by atoms with Gasteiger partial charge in [-0.1, -0.05) is 23.9 Å². The largest absolute Gasteiger partial charge is 0.495 e. The number of rotatable bonds is 6. The Bertz CT molecular complexity index is 949. The van der Waals surface area contributed by atoms with Gasteiger partial charge in [-0.2, -0.15) is 0 Å². The lowest BCUT2D eigenvalue weighted by Gasteiger charge is -2.28. The number of thioether (sulfide) groups is 1. The van der Waals surface area contributed by atoms with Gasteiger partial charge in [0, 0.05) is 18.6 Å². The summed E-state index contributed by atoms with van der Waals surface area (Å²) in [5, 5.41) is 14.0. The van der Waals surface area contributed by atoms with Gasteiger partial charge in [-0.15, -0.1) is 10.2 Å². The molecule has 2 aromatic rings. The van der Waals surface area contributed by atoms with Gasteiger partial charge in [0.25, 0.3) is 0 Å². The SMILES string of the molecule is COc1ccccc1-n1c(SC(C)C(=O)NC(=O)NC(C)(C)C)nnc1N1CCCCC1. The van der Waals surface area contributed by atoms with Crippen molar-refractivity contribution in [3.8, 4) is 11.4 Å². The van der Waals surface area contributed by atoms with Crippen molar-refractivity contribution >= 4 is 29.6 Å². The number of methoxy groups -OCH3 is 1. The molecule has 0 bridgehead atoms. The summed E-state index contributed by atoms with van der Waals surface area (Å²) in [7, 11) is 1.63. The maximum atomic E-state index is 12.6. The molecule has 0 saturated carbocycles. The highest BCUT2D eigenvalue weighted by Crippen LogP contribution is 2.34. The molecule has 1 saturated heterocycles. The summed E-state index contributed by atoms with van der Waals surface area (Å²) in [6.07, 6.45) is 3.40. The molecule has 1 aliphatic heterocycles. The Labute approximate surface area is 193 Å². The first-order valence-corrected chi connectivity index (χ1v) is 11.7. The highest BCUT2D eigenvalue weighted by Gasteiger charge is 2.27. The van der Waals surface area contributed by atoms with Crippen molar-refractivity contribution in [1.82, 2.24) is 25.4 Å². The smallest absolute Gasteiger partial charge is 0.321 e. The third-order valence-electron chi connectivity index (χ3n) is 4.96. The van der Waals surface area contributed by atoms with E-state index in [1.54, 1.807) is 14.0 Å². The summed E-state index contributed by atoms with van der Waals surface area (Å²) in [4.78, 5) is 27.0. The number of carbonyl (C=O) groups is 2. The van der Waals surface area contributed by atoms with E-state index in [0.717, 1.165) is 37.6 Å². The number of benzene rings is 1. The summed E-state index contributed by atoms with van der Waals surface area (Å²) in [5.41, 5.74) is 0.370. The number of amides is 3. The monoisotopic (exact) mass is 460 g/mol. The summed E-state index contributed by atoms with van der Waals surface area (Å²) in [5.74, 6) is 1.02. The zero-order chi connectivity index (χ0) is 23.3. The predicted octanol–water partition coefficient (Wildman–Crippen LogP) is 3.37. The number of urea groups is 1. The highest BCUT2D eigenvalue weighted by atomic mass is 32.2. The van der Waals surface area contributed by atoms with E-state index in [2.05, 4.69) is 25.7 Å². The third kappa shape index (κ3) is 5.93. The number of ether oxygens (including phenoxy) is 1. The van der Waals surface area contributed by atoms with E-state index in [0.29, 0.717) is 10.9 Å². The van der Waals surface area contributed by atoms with E-state index in [1.165, 1.54) is 18.2 Å². The first kappa shape index (κ1) is 23.9. The van der Waals surface area contributed by atoms with Crippen LogP contribution in [0, 0.1) is 0 Å². The number of aromatic nitrogens is 3. The molecule has 174 valence electrons. The van der Waals surface area contributed by atoms with Crippen LogP contribution in [0.4, 0.5) is 10.7 Å². The Morgan fingerprint density at radius 2 is 1.81 bits per heavy atom. The van der Waals surface area contributed by atoms with E-state index in [1.807, 2.05) is 49.6 Å². The van der Waals surface area contributed by atoms with Gasteiger partial charge in [0.05, 0.1) is 18.0 Å². The Balaban J connectivity index is 1.87. The van der Waals surface area contributed by atoms with E-state index < -0.39 is 22.7 Å². The molecule has 1 aliphatic rings. The van der Waals surface area contributed by atoms with Crippen LogP contribution in [0.15, 0.2) is 29.4 Å². The number of nitrogens with zero attached hydrogens (tertiary/aromatic N) is 4. The Kier molecular flexibility index (Phi) is 7.65. The number of para-hydroxylation sites is 2. The van der Waals surface area contributed by atoms with Crippen LogP contribution < -0.4 is 20.3 Å². The second kappa shape index (κ2) is 10.2. The summed E-state index contributed by atoms with van der Waals surface area (Å²) < 4.78 is 7.52. The van der Waals surface area contributed by atoms with Crippen LogP contribution in [0.2, 0.25) is 0 Å². The average Bonchev–Trinajstić information content (AvgIpc) is 3.16. The molecule has 32 heavy (non-hydrogen) atoms. The van der Waals surface area contributed by atoms with Crippen molar-refractivity contribution in [3.63, 3.8) is 0 Å². The molecule has 0 aliphatic carbocycles. The lowest BCUT2D eigenvalue weighted by molar-refractivity contribution is -0.119. The standard InChI is InChI=1S/C22H32N6O3S/c1-15(18(29)23-19(30)24-22(2,3)4)32-21-26-25-20(27-13-9-6-10-14-27)28(21)16-11-7-8-12-17(16)31-5/h7-8,11-12,15H,6,9-10,13-14H2,1-5H3,(H2,23,24,29,30). The Morgan fingerprint density at radius 3 is 2.47 bits per heavy atom. The quantitative estimate of drug-likeness (QED) is 0.637. The Morgan fingerprint density at radius 1 is 1.12 bits per heavy atom. The average molecular weight is 461 g/mol. The van der Waals surface area contributed by atoms with Gasteiger partial charge < -0.3 is 15.0 Å². The van der Waals surface area contributed by atoms with Crippen molar-refractivity contribution in [3.05, 3.63) is 24.3 Å². The molecule has 0 spiro atoms. The fourth-order valence-corrected chi connectivity index (χ4v) is 4.32. The number of hydrogen-bond acceptors (Lipinski definition) is 7. The lowest BCUT2D eigenvalue weighted by Crippen LogP contribution is -2.49. The molecule has 1 aromatic heterocycles. The first-order valence-electron chi connectivity index (χ1n) is 10.8. The summed E-state index contributed by atoms with van der Waals surface area (Å²) >= 11 is 1.25. The van der Waals surface area contributed by atoms with E-state index in [4.69, 9.17) is 4.74 Å². The maximum Gasteiger partial charge on any atom is 0.321 e. The molecule has 3 rings (SSSR count). The number of carbonyl (C=O) groups excluding carboxylic acids is 2. The molecule has 2 heterocycles. The zero-order valence-electron chi connectivity index (χ0n) is 19.3. The van der Waals surface area contributed by atoms with E-state index >= 15 is 0 Å². The highest BCUT2D eigenvalue weighted by molar-refractivity contribution is 8.00. The fourth-order valence-electron chi connectivity index (χ4n) is 3.46. The first-order chi connectivity index (χ1) is 15.2. The number of hydrogen-bond donors (Lipinski definition) is 2. The maximum absolute atomic E-state index is 12.6. The molecule has 1 fully saturated rings. The Hall–Kier alpha value is -2.75.